The molecule has 7 atom stereocenters. The zero-order valence-electron chi connectivity index (χ0n) is 10.5. The number of hydrogen-bond donors (Lipinski definition) is 0. The standard InChI is InChI=1S/C12H16O6/c1-4(13)17-8-5-6(7(5)12(14)16-3)9-11(18-9)10(8)15-2/h5-11H,1-3H3/t5-,6+,7+,8-,9+,10+,11+/m0/s1. The van der Waals surface area contributed by atoms with Crippen molar-refractivity contribution in [3.63, 3.8) is 0 Å². The lowest BCUT2D eigenvalue weighted by Gasteiger charge is -2.27. The summed E-state index contributed by atoms with van der Waals surface area (Å²) in [5, 5.41) is 0. The predicted molar refractivity (Wildman–Crippen MR) is 57.5 cm³/mol. The van der Waals surface area contributed by atoms with E-state index in [0.29, 0.717) is 0 Å². The van der Waals surface area contributed by atoms with Crippen molar-refractivity contribution >= 4 is 11.9 Å². The molecular formula is C12H16O6. The number of carbonyl (C=O) groups excluding carboxylic acids is 2. The van der Waals surface area contributed by atoms with E-state index in [9.17, 15) is 9.59 Å². The molecule has 6 nitrogen and oxygen atoms in total. The third-order valence-corrected chi connectivity index (χ3v) is 4.15. The number of methoxy groups -OCH3 is 2. The van der Waals surface area contributed by atoms with E-state index in [1.807, 2.05) is 0 Å². The van der Waals surface area contributed by atoms with Gasteiger partial charge in [-0.25, -0.2) is 0 Å². The minimum atomic E-state index is -0.412. The smallest absolute Gasteiger partial charge is 0.309 e. The highest BCUT2D eigenvalue weighted by atomic mass is 16.6. The van der Waals surface area contributed by atoms with Gasteiger partial charge >= 0.3 is 11.9 Å². The van der Waals surface area contributed by atoms with Crippen LogP contribution in [0.25, 0.3) is 0 Å². The average Bonchev–Trinajstić information content (AvgIpc) is 3.18. The number of epoxide rings is 1. The van der Waals surface area contributed by atoms with Gasteiger partial charge in [0, 0.05) is 25.9 Å². The van der Waals surface area contributed by atoms with Crippen molar-refractivity contribution in [2.24, 2.45) is 17.8 Å². The Kier molecular flexibility index (Phi) is 2.60. The van der Waals surface area contributed by atoms with Crippen LogP contribution in [0.1, 0.15) is 6.92 Å². The van der Waals surface area contributed by atoms with Gasteiger partial charge in [0.05, 0.1) is 19.1 Å². The van der Waals surface area contributed by atoms with Crippen LogP contribution in [0.15, 0.2) is 0 Å². The summed E-state index contributed by atoms with van der Waals surface area (Å²) in [5.41, 5.74) is 0. The SMILES string of the molecule is COC(=O)[C@@H]1[C@H]2[C@H](OC(C)=O)[C@@H](OC)[C@@H]3O[C@@H]3[C@@H]12. The van der Waals surface area contributed by atoms with Crippen molar-refractivity contribution in [1.82, 2.24) is 0 Å². The number of fused-ring (bicyclic) bond motifs is 3. The Morgan fingerprint density at radius 2 is 1.78 bits per heavy atom. The number of rotatable bonds is 3. The zero-order chi connectivity index (χ0) is 13.0. The van der Waals surface area contributed by atoms with Crippen LogP contribution in [-0.4, -0.2) is 50.6 Å². The highest BCUT2D eigenvalue weighted by Crippen LogP contribution is 2.63. The first-order chi connectivity index (χ1) is 8.60. The minimum absolute atomic E-state index is 0.0324. The van der Waals surface area contributed by atoms with E-state index in [4.69, 9.17) is 18.9 Å². The van der Waals surface area contributed by atoms with Crippen molar-refractivity contribution in [2.75, 3.05) is 14.2 Å². The van der Waals surface area contributed by atoms with Crippen LogP contribution in [0.2, 0.25) is 0 Å². The van der Waals surface area contributed by atoms with E-state index in [1.165, 1.54) is 14.0 Å². The lowest BCUT2D eigenvalue weighted by molar-refractivity contribution is -0.159. The maximum atomic E-state index is 11.7. The van der Waals surface area contributed by atoms with Crippen LogP contribution >= 0.6 is 0 Å². The van der Waals surface area contributed by atoms with Crippen molar-refractivity contribution in [1.29, 1.82) is 0 Å². The second kappa shape index (κ2) is 3.93. The molecule has 0 aromatic rings. The Labute approximate surface area is 105 Å². The molecule has 2 saturated carbocycles. The van der Waals surface area contributed by atoms with Gasteiger partial charge in [0.25, 0.3) is 0 Å². The topological polar surface area (TPSA) is 74.4 Å². The number of carbonyl (C=O) groups is 2. The van der Waals surface area contributed by atoms with Crippen molar-refractivity contribution < 1.29 is 28.5 Å². The summed E-state index contributed by atoms with van der Waals surface area (Å²) in [6, 6.07) is 0. The molecular weight excluding hydrogens is 240 g/mol. The van der Waals surface area contributed by atoms with Crippen LogP contribution in [0.3, 0.4) is 0 Å². The molecule has 6 heteroatoms. The Hall–Kier alpha value is -1.14. The average molecular weight is 256 g/mol. The second-order valence-corrected chi connectivity index (χ2v) is 5.04. The molecule has 0 aromatic heterocycles. The Morgan fingerprint density at radius 1 is 1.06 bits per heavy atom. The van der Waals surface area contributed by atoms with Crippen molar-refractivity contribution in [3.05, 3.63) is 0 Å². The lowest BCUT2D eigenvalue weighted by atomic mass is 9.94. The van der Waals surface area contributed by atoms with Crippen LogP contribution in [0.4, 0.5) is 0 Å². The van der Waals surface area contributed by atoms with Gasteiger partial charge < -0.3 is 18.9 Å². The predicted octanol–water partition coefficient (Wildman–Crippen LogP) is -0.251. The van der Waals surface area contributed by atoms with Crippen LogP contribution in [0, 0.1) is 17.8 Å². The molecule has 3 aliphatic rings. The molecule has 2 aliphatic carbocycles. The molecule has 18 heavy (non-hydrogen) atoms. The first-order valence-corrected chi connectivity index (χ1v) is 6.03. The first kappa shape index (κ1) is 11.9. The summed E-state index contributed by atoms with van der Waals surface area (Å²) in [6.07, 6.45) is -0.703. The molecule has 1 saturated heterocycles. The molecule has 0 aromatic carbocycles. The van der Waals surface area contributed by atoms with E-state index >= 15 is 0 Å². The highest BCUT2D eigenvalue weighted by Gasteiger charge is 2.76. The van der Waals surface area contributed by atoms with Crippen LogP contribution in [-0.2, 0) is 28.5 Å². The number of ether oxygens (including phenoxy) is 4. The van der Waals surface area contributed by atoms with E-state index in [0.717, 1.165) is 0 Å². The van der Waals surface area contributed by atoms with E-state index in [-0.39, 0.29) is 48.0 Å². The van der Waals surface area contributed by atoms with Crippen molar-refractivity contribution in [2.45, 2.75) is 31.3 Å². The Morgan fingerprint density at radius 3 is 2.33 bits per heavy atom. The monoisotopic (exact) mass is 256 g/mol. The zero-order valence-corrected chi connectivity index (χ0v) is 10.5. The quantitative estimate of drug-likeness (QED) is 0.512. The molecule has 3 fully saturated rings. The molecule has 0 radical (unpaired) electrons. The fourth-order valence-electron chi connectivity index (χ4n) is 3.38. The summed E-state index contributed by atoms with van der Waals surface area (Å²) in [4.78, 5) is 22.8. The molecule has 0 amide bonds. The van der Waals surface area contributed by atoms with Gasteiger partial charge in [-0.1, -0.05) is 0 Å². The molecule has 0 N–H and O–H groups in total. The molecule has 1 aliphatic heterocycles. The van der Waals surface area contributed by atoms with Gasteiger partial charge in [0.2, 0.25) is 0 Å². The van der Waals surface area contributed by atoms with E-state index in [2.05, 4.69) is 0 Å². The molecule has 3 rings (SSSR count). The number of hydrogen-bond acceptors (Lipinski definition) is 6. The molecule has 1 heterocycles. The Bertz CT molecular complexity index is 394. The van der Waals surface area contributed by atoms with Crippen molar-refractivity contribution in [3.8, 4) is 0 Å². The van der Waals surface area contributed by atoms with Gasteiger partial charge in [-0.2, -0.15) is 0 Å². The molecule has 0 spiro atoms. The summed E-state index contributed by atoms with van der Waals surface area (Å²) in [5.74, 6) is -0.772. The summed E-state index contributed by atoms with van der Waals surface area (Å²) in [7, 11) is 2.93. The largest absolute Gasteiger partial charge is 0.469 e. The van der Waals surface area contributed by atoms with Gasteiger partial charge in [-0.05, 0) is 0 Å². The third kappa shape index (κ3) is 1.55. The Balaban J connectivity index is 1.81. The van der Waals surface area contributed by atoms with E-state index < -0.39 is 6.10 Å². The van der Waals surface area contributed by atoms with Gasteiger partial charge in [-0.15, -0.1) is 0 Å². The maximum Gasteiger partial charge on any atom is 0.309 e. The summed E-state index contributed by atoms with van der Waals surface area (Å²) >= 11 is 0. The third-order valence-electron chi connectivity index (χ3n) is 4.15. The summed E-state index contributed by atoms with van der Waals surface area (Å²) in [6.45, 7) is 1.36. The lowest BCUT2D eigenvalue weighted by Crippen LogP contribution is -2.42. The van der Waals surface area contributed by atoms with Gasteiger partial charge in [-0.3, -0.25) is 9.59 Å². The summed E-state index contributed by atoms with van der Waals surface area (Å²) < 4.78 is 21.0. The second-order valence-electron chi connectivity index (χ2n) is 5.04. The maximum absolute atomic E-state index is 11.7. The van der Waals surface area contributed by atoms with Crippen LogP contribution in [0.5, 0.6) is 0 Å². The number of esters is 2. The molecule has 0 bridgehead atoms. The van der Waals surface area contributed by atoms with Crippen LogP contribution < -0.4 is 0 Å². The van der Waals surface area contributed by atoms with Gasteiger partial charge in [0.15, 0.2) is 0 Å². The minimum Gasteiger partial charge on any atom is -0.469 e. The normalized spacial score (nSPS) is 47.6. The van der Waals surface area contributed by atoms with E-state index in [1.54, 1.807) is 7.11 Å². The van der Waals surface area contributed by atoms with Gasteiger partial charge in [0.1, 0.15) is 18.3 Å². The molecule has 100 valence electrons. The fourth-order valence-corrected chi connectivity index (χ4v) is 3.38. The first-order valence-electron chi connectivity index (χ1n) is 6.03. The fraction of sp³-hybridized carbons (Fsp3) is 0.833. The highest BCUT2D eigenvalue weighted by molar-refractivity contribution is 5.77. The molecule has 0 unspecified atom stereocenters.